The van der Waals surface area contributed by atoms with E-state index in [1.807, 2.05) is 30.5 Å². The summed E-state index contributed by atoms with van der Waals surface area (Å²) >= 11 is 12.0. The Balaban J connectivity index is 1.82. The number of hydrogen-bond acceptors (Lipinski definition) is 1. The van der Waals surface area contributed by atoms with Crippen LogP contribution < -0.4 is 5.32 Å². The van der Waals surface area contributed by atoms with Crippen molar-refractivity contribution < 1.29 is 0 Å². The van der Waals surface area contributed by atoms with Gasteiger partial charge in [-0.15, -0.1) is 0 Å². The number of aromatic amines is 1. The molecule has 0 radical (unpaired) electrons. The lowest BCUT2D eigenvalue weighted by atomic mass is 10.2. The van der Waals surface area contributed by atoms with Crippen molar-refractivity contribution in [2.75, 3.05) is 5.32 Å². The normalized spacial score (nSPS) is 10.8. The maximum Gasteiger partial charge on any atom is 0.0652 e. The van der Waals surface area contributed by atoms with Crippen LogP contribution in [0.25, 0.3) is 10.9 Å². The highest BCUT2D eigenvalue weighted by atomic mass is 35.5. The molecule has 19 heavy (non-hydrogen) atoms. The Hall–Kier alpha value is -1.64. The Morgan fingerprint density at radius 3 is 2.74 bits per heavy atom. The molecule has 0 bridgehead atoms. The van der Waals surface area contributed by atoms with Gasteiger partial charge < -0.3 is 10.3 Å². The van der Waals surface area contributed by atoms with E-state index < -0.39 is 0 Å². The van der Waals surface area contributed by atoms with Crippen LogP contribution >= 0.6 is 23.2 Å². The summed E-state index contributed by atoms with van der Waals surface area (Å²) in [6.45, 7) is 0.714. The summed E-state index contributed by atoms with van der Waals surface area (Å²) in [6.07, 6.45) is 2.02. The minimum absolute atomic E-state index is 0.632. The molecule has 0 aliphatic carbocycles. The average molecular weight is 291 g/mol. The number of nitrogens with one attached hydrogen (secondary N) is 2. The highest BCUT2D eigenvalue weighted by molar-refractivity contribution is 6.36. The maximum absolute atomic E-state index is 6.13. The molecule has 3 aromatic rings. The molecule has 0 amide bonds. The van der Waals surface area contributed by atoms with Crippen molar-refractivity contribution in [3.8, 4) is 0 Å². The van der Waals surface area contributed by atoms with Crippen molar-refractivity contribution in [1.82, 2.24) is 4.98 Å². The predicted octanol–water partition coefficient (Wildman–Crippen LogP) is 5.09. The van der Waals surface area contributed by atoms with Crippen molar-refractivity contribution >= 4 is 39.8 Å². The fraction of sp³-hybridized carbons (Fsp3) is 0.0667. The number of fused-ring (bicyclic) bond motifs is 1. The number of benzene rings is 2. The Bertz CT molecular complexity index is 719. The highest BCUT2D eigenvalue weighted by Crippen LogP contribution is 2.26. The minimum Gasteiger partial charge on any atom is -0.380 e. The van der Waals surface area contributed by atoms with Crippen LogP contribution in [0.1, 0.15) is 5.56 Å². The lowest BCUT2D eigenvalue weighted by molar-refractivity contribution is 1.16. The third-order valence-electron chi connectivity index (χ3n) is 3.08. The molecule has 0 fully saturated rings. The van der Waals surface area contributed by atoms with Crippen LogP contribution in [0.4, 0.5) is 5.69 Å². The summed E-state index contributed by atoms with van der Waals surface area (Å²) in [6, 6.07) is 13.7. The van der Waals surface area contributed by atoms with Crippen LogP contribution in [0.3, 0.4) is 0 Å². The first-order valence-electron chi connectivity index (χ1n) is 5.98. The first-order valence-corrected chi connectivity index (χ1v) is 6.73. The van der Waals surface area contributed by atoms with Gasteiger partial charge >= 0.3 is 0 Å². The van der Waals surface area contributed by atoms with Crippen LogP contribution in [-0.2, 0) is 6.54 Å². The molecular formula is C15H12Cl2N2. The third-order valence-corrected chi connectivity index (χ3v) is 3.62. The van der Waals surface area contributed by atoms with Gasteiger partial charge in [-0.25, -0.2) is 0 Å². The molecule has 96 valence electrons. The van der Waals surface area contributed by atoms with E-state index in [2.05, 4.69) is 22.4 Å². The summed E-state index contributed by atoms with van der Waals surface area (Å²) in [5, 5.41) is 5.82. The average Bonchev–Trinajstić information content (AvgIpc) is 2.81. The number of H-pyrrole nitrogens is 1. The molecule has 3 rings (SSSR count). The molecule has 2 aromatic carbocycles. The Labute approximate surface area is 121 Å². The molecular weight excluding hydrogens is 279 g/mol. The van der Waals surface area contributed by atoms with Crippen LogP contribution in [-0.4, -0.2) is 4.98 Å². The van der Waals surface area contributed by atoms with Crippen LogP contribution in [0.2, 0.25) is 10.0 Å². The van der Waals surface area contributed by atoms with Crippen molar-refractivity contribution in [2.45, 2.75) is 6.54 Å². The van der Waals surface area contributed by atoms with Crippen molar-refractivity contribution in [3.63, 3.8) is 0 Å². The van der Waals surface area contributed by atoms with Gasteiger partial charge in [-0.1, -0.05) is 41.4 Å². The summed E-state index contributed by atoms with van der Waals surface area (Å²) < 4.78 is 0. The number of halogens is 2. The molecule has 0 aliphatic heterocycles. The second-order valence-electron chi connectivity index (χ2n) is 4.34. The quantitative estimate of drug-likeness (QED) is 0.691. The first-order chi connectivity index (χ1) is 9.24. The molecule has 1 aromatic heterocycles. The zero-order valence-corrected chi connectivity index (χ0v) is 11.6. The molecule has 0 atom stereocenters. The molecule has 1 heterocycles. The van der Waals surface area contributed by atoms with E-state index in [0.29, 0.717) is 16.6 Å². The number of rotatable bonds is 3. The van der Waals surface area contributed by atoms with Gasteiger partial charge in [-0.05, 0) is 29.8 Å². The third kappa shape index (κ3) is 2.55. The van der Waals surface area contributed by atoms with E-state index in [9.17, 15) is 0 Å². The summed E-state index contributed by atoms with van der Waals surface area (Å²) in [7, 11) is 0. The Morgan fingerprint density at radius 1 is 1.05 bits per heavy atom. The minimum atomic E-state index is 0.632. The fourth-order valence-corrected chi connectivity index (χ4v) is 2.58. The van der Waals surface area contributed by atoms with Gasteiger partial charge in [0, 0.05) is 28.7 Å². The fourth-order valence-electron chi connectivity index (χ4n) is 2.10. The Kier molecular flexibility index (Phi) is 3.36. The van der Waals surface area contributed by atoms with Crippen molar-refractivity contribution in [1.29, 1.82) is 0 Å². The molecule has 4 heteroatoms. The number of aromatic nitrogens is 1. The van der Waals surface area contributed by atoms with Crippen LogP contribution in [0.15, 0.2) is 48.7 Å². The van der Waals surface area contributed by atoms with Gasteiger partial charge in [0.15, 0.2) is 0 Å². The Morgan fingerprint density at radius 2 is 1.89 bits per heavy atom. The smallest absolute Gasteiger partial charge is 0.0652 e. The monoisotopic (exact) mass is 290 g/mol. The summed E-state index contributed by atoms with van der Waals surface area (Å²) in [5.74, 6) is 0. The van der Waals surface area contributed by atoms with Gasteiger partial charge in [0.05, 0.1) is 10.7 Å². The largest absolute Gasteiger partial charge is 0.380 e. The van der Waals surface area contributed by atoms with E-state index in [4.69, 9.17) is 23.2 Å². The second kappa shape index (κ2) is 5.16. The lowest BCUT2D eigenvalue weighted by Crippen LogP contribution is -1.99. The second-order valence-corrected chi connectivity index (χ2v) is 5.18. The number of anilines is 1. The predicted molar refractivity (Wildman–Crippen MR) is 82.1 cm³/mol. The molecule has 2 N–H and O–H groups in total. The summed E-state index contributed by atoms with van der Waals surface area (Å²) in [4.78, 5) is 3.25. The molecule has 0 unspecified atom stereocenters. The van der Waals surface area contributed by atoms with E-state index >= 15 is 0 Å². The summed E-state index contributed by atoms with van der Waals surface area (Å²) in [5.41, 5.74) is 3.24. The first kappa shape index (κ1) is 12.4. The van der Waals surface area contributed by atoms with Crippen molar-refractivity contribution in [2.24, 2.45) is 0 Å². The van der Waals surface area contributed by atoms with Crippen LogP contribution in [0, 0.1) is 0 Å². The van der Waals surface area contributed by atoms with Gasteiger partial charge in [-0.2, -0.15) is 0 Å². The standard InChI is InChI=1S/C15H12Cl2N2/c16-11-5-6-15(13(17)7-11)19-9-10-8-18-14-4-2-1-3-12(10)14/h1-8,18-19H,9H2. The molecule has 0 aliphatic rings. The molecule has 0 saturated heterocycles. The lowest BCUT2D eigenvalue weighted by Gasteiger charge is -2.08. The van der Waals surface area contributed by atoms with Gasteiger partial charge in [0.1, 0.15) is 0 Å². The molecule has 0 spiro atoms. The molecule has 0 saturated carbocycles. The van der Waals surface area contributed by atoms with E-state index in [1.165, 1.54) is 10.9 Å². The van der Waals surface area contributed by atoms with Crippen molar-refractivity contribution in [3.05, 3.63) is 64.3 Å². The number of para-hydroxylation sites is 1. The number of hydrogen-bond donors (Lipinski definition) is 2. The zero-order valence-electron chi connectivity index (χ0n) is 10.1. The topological polar surface area (TPSA) is 27.8 Å². The SMILES string of the molecule is Clc1ccc(NCc2c[nH]c3ccccc23)c(Cl)c1. The van der Waals surface area contributed by atoms with E-state index in [1.54, 1.807) is 6.07 Å². The van der Waals surface area contributed by atoms with Gasteiger partial charge in [0.2, 0.25) is 0 Å². The van der Waals surface area contributed by atoms with E-state index in [-0.39, 0.29) is 0 Å². The highest BCUT2D eigenvalue weighted by Gasteiger charge is 2.04. The van der Waals surface area contributed by atoms with E-state index in [0.717, 1.165) is 11.2 Å². The van der Waals surface area contributed by atoms with Gasteiger partial charge in [0.25, 0.3) is 0 Å². The van der Waals surface area contributed by atoms with Gasteiger partial charge in [-0.3, -0.25) is 0 Å². The molecule has 2 nitrogen and oxygen atoms in total. The zero-order chi connectivity index (χ0) is 13.2. The van der Waals surface area contributed by atoms with Crippen LogP contribution in [0.5, 0.6) is 0 Å². The maximum atomic E-state index is 6.13.